The van der Waals surface area contributed by atoms with Crippen LogP contribution in [0.3, 0.4) is 0 Å². The van der Waals surface area contributed by atoms with Crippen molar-refractivity contribution in [3.05, 3.63) is 32.2 Å². The molecule has 0 spiro atoms. The van der Waals surface area contributed by atoms with Crippen LogP contribution < -0.4 is 0 Å². The van der Waals surface area contributed by atoms with Gasteiger partial charge in [-0.3, -0.25) is 0 Å². The number of rotatable bonds is 2. The molecule has 0 amide bonds. The highest BCUT2D eigenvalue weighted by molar-refractivity contribution is 9.10. The van der Waals surface area contributed by atoms with Gasteiger partial charge in [-0.05, 0) is 22.0 Å². The van der Waals surface area contributed by atoms with E-state index in [-0.39, 0.29) is 9.50 Å². The predicted molar refractivity (Wildman–Crippen MR) is 60.1 cm³/mol. The van der Waals surface area contributed by atoms with Crippen LogP contribution in [0.5, 0.6) is 0 Å². The van der Waals surface area contributed by atoms with Gasteiger partial charge in [0.1, 0.15) is 6.67 Å². The molecule has 0 aliphatic carbocycles. The van der Waals surface area contributed by atoms with Crippen molar-refractivity contribution in [3.8, 4) is 0 Å². The summed E-state index contributed by atoms with van der Waals surface area (Å²) in [4.78, 5) is 0. The van der Waals surface area contributed by atoms with Gasteiger partial charge in [0.05, 0.1) is 10.0 Å². The van der Waals surface area contributed by atoms with Gasteiger partial charge in [-0.25, -0.2) is 4.39 Å². The summed E-state index contributed by atoms with van der Waals surface area (Å²) in [5, 5.41) is 8.60. The van der Waals surface area contributed by atoms with Crippen LogP contribution in [0, 0.1) is 0 Å². The Hall–Kier alpha value is -0.0400. The van der Waals surface area contributed by atoms with Gasteiger partial charge in [0, 0.05) is 10.0 Å². The van der Waals surface area contributed by atoms with Crippen molar-refractivity contribution >= 4 is 39.1 Å². The topological polar surface area (TPSA) is 20.2 Å². The van der Waals surface area contributed by atoms with Crippen LogP contribution >= 0.6 is 39.1 Å². The van der Waals surface area contributed by atoms with E-state index in [1.54, 1.807) is 0 Å². The maximum Gasteiger partial charge on any atom is 0.424 e. The predicted octanol–water partition coefficient (Wildman–Crippen LogP) is 4.48. The van der Waals surface area contributed by atoms with Gasteiger partial charge in [-0.1, -0.05) is 29.3 Å². The van der Waals surface area contributed by atoms with E-state index in [2.05, 4.69) is 15.9 Å². The van der Waals surface area contributed by atoms with Gasteiger partial charge < -0.3 is 5.11 Å². The Bertz CT molecular complexity index is 438. The summed E-state index contributed by atoms with van der Waals surface area (Å²) in [6.45, 7) is -2.05. The Morgan fingerprint density at radius 1 is 1.18 bits per heavy atom. The molecule has 0 heterocycles. The molecule has 1 nitrogen and oxygen atoms in total. The molecule has 17 heavy (non-hydrogen) atoms. The second-order valence-electron chi connectivity index (χ2n) is 3.21. The van der Waals surface area contributed by atoms with Crippen molar-refractivity contribution in [2.45, 2.75) is 11.8 Å². The van der Waals surface area contributed by atoms with Crippen LogP contribution in [0.4, 0.5) is 17.6 Å². The fourth-order valence-electron chi connectivity index (χ4n) is 1.15. The highest BCUT2D eigenvalue weighted by Gasteiger charge is 2.56. The van der Waals surface area contributed by atoms with Crippen molar-refractivity contribution in [1.82, 2.24) is 0 Å². The number of alkyl halides is 4. The lowest BCUT2D eigenvalue weighted by molar-refractivity contribution is -0.271. The second kappa shape index (κ2) is 4.91. The normalized spacial score (nSPS) is 15.8. The highest BCUT2D eigenvalue weighted by atomic mass is 79.9. The smallest absolute Gasteiger partial charge is 0.374 e. The van der Waals surface area contributed by atoms with E-state index in [0.717, 1.165) is 12.1 Å². The Morgan fingerprint density at radius 3 is 2.12 bits per heavy atom. The molecule has 1 aromatic carbocycles. The first-order chi connectivity index (χ1) is 7.65. The van der Waals surface area contributed by atoms with Crippen molar-refractivity contribution in [3.63, 3.8) is 0 Å². The molecule has 1 rings (SSSR count). The zero-order chi connectivity index (χ0) is 13.4. The molecule has 1 N–H and O–H groups in total. The summed E-state index contributed by atoms with van der Waals surface area (Å²) in [6, 6.07) is 2.02. The molecule has 0 aliphatic heterocycles. The van der Waals surface area contributed by atoms with Gasteiger partial charge in [0.2, 0.25) is 5.60 Å². The third-order valence-corrected chi connectivity index (χ3v) is 3.91. The third kappa shape index (κ3) is 2.54. The first kappa shape index (κ1) is 15.0. The summed E-state index contributed by atoms with van der Waals surface area (Å²) >= 11 is 14.1. The lowest BCUT2D eigenvalue weighted by Gasteiger charge is -2.29. The SMILES string of the molecule is OC(CF)(c1ccc(Br)c(Cl)c1Cl)C(F)(F)F. The van der Waals surface area contributed by atoms with E-state index in [0.29, 0.717) is 0 Å². The van der Waals surface area contributed by atoms with Crippen molar-refractivity contribution in [2.24, 2.45) is 0 Å². The first-order valence-corrected chi connectivity index (χ1v) is 5.69. The summed E-state index contributed by atoms with van der Waals surface area (Å²) in [5.74, 6) is 0. The fraction of sp³-hybridized carbons (Fsp3) is 0.333. The maximum absolute atomic E-state index is 12.6. The molecule has 0 aromatic heterocycles. The van der Waals surface area contributed by atoms with Crippen LogP contribution in [0.1, 0.15) is 5.56 Å². The molecule has 0 saturated carbocycles. The summed E-state index contributed by atoms with van der Waals surface area (Å²) < 4.78 is 50.6. The van der Waals surface area contributed by atoms with E-state index >= 15 is 0 Å². The van der Waals surface area contributed by atoms with Crippen LogP contribution in [0.15, 0.2) is 16.6 Å². The van der Waals surface area contributed by atoms with Gasteiger partial charge >= 0.3 is 6.18 Å². The van der Waals surface area contributed by atoms with Gasteiger partial charge in [0.15, 0.2) is 0 Å². The molecule has 0 aliphatic rings. The molecule has 1 aromatic rings. The molecule has 1 atom stereocenters. The molecule has 0 bridgehead atoms. The van der Waals surface area contributed by atoms with Gasteiger partial charge in [0.25, 0.3) is 0 Å². The highest BCUT2D eigenvalue weighted by Crippen LogP contribution is 2.45. The lowest BCUT2D eigenvalue weighted by Crippen LogP contribution is -2.44. The Labute approximate surface area is 112 Å². The van der Waals surface area contributed by atoms with Crippen molar-refractivity contribution in [1.29, 1.82) is 0 Å². The number of hydrogen-bond donors (Lipinski definition) is 1. The van der Waals surface area contributed by atoms with Crippen LogP contribution in [-0.2, 0) is 5.60 Å². The van der Waals surface area contributed by atoms with E-state index in [4.69, 9.17) is 23.2 Å². The Kier molecular flexibility index (Phi) is 4.34. The molecule has 0 saturated heterocycles. The molecule has 0 radical (unpaired) electrons. The van der Waals surface area contributed by atoms with Gasteiger partial charge in [-0.15, -0.1) is 0 Å². The quantitative estimate of drug-likeness (QED) is 0.612. The zero-order valence-electron chi connectivity index (χ0n) is 7.95. The molecular weight excluding hydrogens is 351 g/mol. The number of aliphatic hydroxyl groups is 1. The number of benzene rings is 1. The fourth-order valence-corrected chi connectivity index (χ4v) is 2.08. The molecule has 8 heteroatoms. The Balaban J connectivity index is 3.47. The second-order valence-corrected chi connectivity index (χ2v) is 4.82. The monoisotopic (exact) mass is 354 g/mol. The summed E-state index contributed by atoms with van der Waals surface area (Å²) in [5.41, 5.74) is -4.48. The Morgan fingerprint density at radius 2 is 1.71 bits per heavy atom. The van der Waals surface area contributed by atoms with Crippen molar-refractivity contribution < 1.29 is 22.7 Å². The van der Waals surface area contributed by atoms with E-state index in [1.165, 1.54) is 0 Å². The van der Waals surface area contributed by atoms with E-state index < -0.39 is 29.0 Å². The standard InChI is InChI=1S/C9H5BrCl2F4O/c10-5-2-1-4(6(11)7(5)12)8(17,3-13)9(14,15)16/h1-2,17H,3H2. The minimum absolute atomic E-state index is 0.222. The molecule has 1 unspecified atom stereocenters. The van der Waals surface area contributed by atoms with Crippen LogP contribution in [0.2, 0.25) is 10.0 Å². The van der Waals surface area contributed by atoms with Crippen molar-refractivity contribution in [2.75, 3.05) is 6.67 Å². The number of hydrogen-bond acceptors (Lipinski definition) is 1. The van der Waals surface area contributed by atoms with Crippen LogP contribution in [0.25, 0.3) is 0 Å². The van der Waals surface area contributed by atoms with Gasteiger partial charge in [-0.2, -0.15) is 13.2 Å². The minimum Gasteiger partial charge on any atom is -0.374 e. The largest absolute Gasteiger partial charge is 0.424 e. The molecule has 0 fully saturated rings. The number of halogens is 7. The average Bonchev–Trinajstić information content (AvgIpc) is 2.23. The summed E-state index contributed by atoms with van der Waals surface area (Å²) in [7, 11) is 0. The molecule has 96 valence electrons. The average molecular weight is 356 g/mol. The minimum atomic E-state index is -5.19. The van der Waals surface area contributed by atoms with E-state index in [9.17, 15) is 22.7 Å². The summed E-state index contributed by atoms with van der Waals surface area (Å²) in [6.07, 6.45) is -5.19. The maximum atomic E-state index is 12.6. The zero-order valence-corrected chi connectivity index (χ0v) is 11.1. The first-order valence-electron chi connectivity index (χ1n) is 4.14. The molecular formula is C9H5BrCl2F4O. The van der Waals surface area contributed by atoms with Crippen LogP contribution in [-0.4, -0.2) is 18.0 Å². The van der Waals surface area contributed by atoms with E-state index in [1.807, 2.05) is 0 Å². The lowest BCUT2D eigenvalue weighted by atomic mass is 9.94. The third-order valence-electron chi connectivity index (χ3n) is 2.14.